The number of allylic oxidation sites excluding steroid dienone is 1. The molecule has 0 aromatic rings. The van der Waals surface area contributed by atoms with Crippen LogP contribution in [0.4, 0.5) is 0 Å². The molecule has 1 unspecified atom stereocenters. The molecule has 0 rings (SSSR count). The van der Waals surface area contributed by atoms with Crippen LogP contribution in [0.15, 0.2) is 11.6 Å². The van der Waals surface area contributed by atoms with Crippen molar-refractivity contribution in [3.05, 3.63) is 11.6 Å². The molecule has 0 fully saturated rings. The van der Waals surface area contributed by atoms with Crippen molar-refractivity contribution in [2.75, 3.05) is 13.6 Å². The average molecular weight is 183 g/mol. The second-order valence-corrected chi connectivity index (χ2v) is 4.04. The van der Waals surface area contributed by atoms with Crippen LogP contribution < -0.4 is 5.32 Å². The molecule has 0 amide bonds. The molecule has 1 heteroatoms. The monoisotopic (exact) mass is 183 g/mol. The van der Waals surface area contributed by atoms with Gasteiger partial charge in [0, 0.05) is 0 Å². The molecule has 0 saturated carbocycles. The first-order valence-corrected chi connectivity index (χ1v) is 5.50. The van der Waals surface area contributed by atoms with Crippen molar-refractivity contribution in [1.29, 1.82) is 0 Å². The Morgan fingerprint density at radius 2 is 2.15 bits per heavy atom. The summed E-state index contributed by atoms with van der Waals surface area (Å²) in [5, 5.41) is 3.16. The molecule has 0 aliphatic rings. The predicted molar refractivity (Wildman–Crippen MR) is 61.0 cm³/mol. The highest BCUT2D eigenvalue weighted by Gasteiger charge is 2.00. The van der Waals surface area contributed by atoms with E-state index in [1.54, 1.807) is 5.57 Å². The molecule has 0 aliphatic heterocycles. The molecule has 1 nitrogen and oxygen atoms in total. The molecule has 0 spiro atoms. The van der Waals surface area contributed by atoms with Gasteiger partial charge in [0.05, 0.1) is 0 Å². The minimum absolute atomic E-state index is 0.857. The summed E-state index contributed by atoms with van der Waals surface area (Å²) >= 11 is 0. The zero-order chi connectivity index (χ0) is 10.1. The van der Waals surface area contributed by atoms with Gasteiger partial charge in [0.15, 0.2) is 0 Å². The van der Waals surface area contributed by atoms with Crippen molar-refractivity contribution in [2.24, 2.45) is 5.92 Å². The first kappa shape index (κ1) is 12.7. The molecule has 0 aromatic heterocycles. The highest BCUT2D eigenvalue weighted by atomic mass is 14.8. The predicted octanol–water partition coefficient (Wildman–Crippen LogP) is 3.37. The standard InChI is InChI=1S/C12H25N/c1-5-7-11(2)10-12(3)8-6-9-13-4/h8,11,13H,5-7,9-10H2,1-4H3. The van der Waals surface area contributed by atoms with E-state index < -0.39 is 0 Å². The Labute approximate surface area is 83.6 Å². The van der Waals surface area contributed by atoms with E-state index in [4.69, 9.17) is 0 Å². The summed E-state index contributed by atoms with van der Waals surface area (Å²) in [5.41, 5.74) is 1.55. The average Bonchev–Trinajstić information content (AvgIpc) is 2.05. The Morgan fingerprint density at radius 3 is 2.69 bits per heavy atom. The Morgan fingerprint density at radius 1 is 1.46 bits per heavy atom. The fourth-order valence-corrected chi connectivity index (χ4v) is 1.69. The number of hydrogen-bond donors (Lipinski definition) is 1. The zero-order valence-corrected chi connectivity index (χ0v) is 9.69. The highest BCUT2D eigenvalue weighted by Crippen LogP contribution is 2.15. The van der Waals surface area contributed by atoms with Gasteiger partial charge in [-0.05, 0) is 39.3 Å². The van der Waals surface area contributed by atoms with Crippen molar-refractivity contribution in [3.63, 3.8) is 0 Å². The number of rotatable bonds is 7. The largest absolute Gasteiger partial charge is 0.319 e. The van der Waals surface area contributed by atoms with Crippen LogP contribution >= 0.6 is 0 Å². The van der Waals surface area contributed by atoms with Gasteiger partial charge in [-0.1, -0.05) is 38.3 Å². The van der Waals surface area contributed by atoms with E-state index in [2.05, 4.69) is 32.2 Å². The van der Waals surface area contributed by atoms with Gasteiger partial charge in [0.25, 0.3) is 0 Å². The van der Waals surface area contributed by atoms with Gasteiger partial charge in [-0.15, -0.1) is 0 Å². The van der Waals surface area contributed by atoms with Gasteiger partial charge < -0.3 is 5.32 Å². The molecule has 1 atom stereocenters. The molecule has 0 saturated heterocycles. The van der Waals surface area contributed by atoms with Crippen LogP contribution in [-0.2, 0) is 0 Å². The van der Waals surface area contributed by atoms with Crippen molar-refractivity contribution >= 4 is 0 Å². The van der Waals surface area contributed by atoms with Crippen molar-refractivity contribution in [2.45, 2.75) is 46.5 Å². The van der Waals surface area contributed by atoms with Gasteiger partial charge in [0.2, 0.25) is 0 Å². The summed E-state index contributed by atoms with van der Waals surface area (Å²) in [4.78, 5) is 0. The second kappa shape index (κ2) is 8.31. The summed E-state index contributed by atoms with van der Waals surface area (Å²) in [6, 6.07) is 0. The lowest BCUT2D eigenvalue weighted by molar-refractivity contribution is 0.519. The Bertz CT molecular complexity index is 138. The third kappa shape index (κ3) is 8.04. The molecule has 13 heavy (non-hydrogen) atoms. The minimum atomic E-state index is 0.857. The van der Waals surface area contributed by atoms with E-state index >= 15 is 0 Å². The number of nitrogens with one attached hydrogen (secondary N) is 1. The molecule has 0 heterocycles. The van der Waals surface area contributed by atoms with Gasteiger partial charge in [0.1, 0.15) is 0 Å². The molecule has 0 aliphatic carbocycles. The number of hydrogen-bond acceptors (Lipinski definition) is 1. The maximum Gasteiger partial charge on any atom is -0.00172 e. The van der Waals surface area contributed by atoms with Crippen molar-refractivity contribution in [1.82, 2.24) is 5.32 Å². The van der Waals surface area contributed by atoms with Crippen LogP contribution in [-0.4, -0.2) is 13.6 Å². The lowest BCUT2D eigenvalue weighted by Crippen LogP contribution is -2.06. The van der Waals surface area contributed by atoms with E-state index in [9.17, 15) is 0 Å². The van der Waals surface area contributed by atoms with Crippen LogP contribution in [0, 0.1) is 5.92 Å². The first-order chi connectivity index (χ1) is 6.20. The van der Waals surface area contributed by atoms with Gasteiger partial charge in [-0.2, -0.15) is 0 Å². The lowest BCUT2D eigenvalue weighted by Gasteiger charge is -2.09. The van der Waals surface area contributed by atoms with Crippen LogP contribution in [0.2, 0.25) is 0 Å². The summed E-state index contributed by atoms with van der Waals surface area (Å²) in [6.07, 6.45) is 7.48. The molecule has 0 radical (unpaired) electrons. The molecule has 78 valence electrons. The maximum absolute atomic E-state index is 3.16. The molecule has 0 aromatic carbocycles. The van der Waals surface area contributed by atoms with Crippen LogP contribution in [0.1, 0.15) is 46.5 Å². The molecular formula is C12H25N. The summed E-state index contributed by atoms with van der Waals surface area (Å²) in [6.45, 7) is 7.96. The third-order valence-electron chi connectivity index (χ3n) is 2.34. The van der Waals surface area contributed by atoms with E-state index in [0.29, 0.717) is 0 Å². The van der Waals surface area contributed by atoms with E-state index in [-0.39, 0.29) is 0 Å². The summed E-state index contributed by atoms with van der Waals surface area (Å²) < 4.78 is 0. The SMILES string of the molecule is CCCC(C)CC(C)=CCCNC. The molecular weight excluding hydrogens is 158 g/mol. The summed E-state index contributed by atoms with van der Waals surface area (Å²) in [5.74, 6) is 0.857. The topological polar surface area (TPSA) is 12.0 Å². The van der Waals surface area contributed by atoms with Crippen molar-refractivity contribution in [3.8, 4) is 0 Å². The van der Waals surface area contributed by atoms with Crippen LogP contribution in [0.25, 0.3) is 0 Å². The van der Waals surface area contributed by atoms with Gasteiger partial charge >= 0.3 is 0 Å². The van der Waals surface area contributed by atoms with Crippen molar-refractivity contribution < 1.29 is 0 Å². The van der Waals surface area contributed by atoms with Crippen LogP contribution in [0.3, 0.4) is 0 Å². The second-order valence-electron chi connectivity index (χ2n) is 4.04. The van der Waals surface area contributed by atoms with Crippen LogP contribution in [0.5, 0.6) is 0 Å². The third-order valence-corrected chi connectivity index (χ3v) is 2.34. The molecule has 0 bridgehead atoms. The summed E-state index contributed by atoms with van der Waals surface area (Å²) in [7, 11) is 2.00. The highest BCUT2D eigenvalue weighted by molar-refractivity contribution is 4.98. The van der Waals surface area contributed by atoms with E-state index in [0.717, 1.165) is 12.5 Å². The van der Waals surface area contributed by atoms with E-state index in [1.165, 1.54) is 25.7 Å². The van der Waals surface area contributed by atoms with Gasteiger partial charge in [-0.3, -0.25) is 0 Å². The Hall–Kier alpha value is -0.300. The smallest absolute Gasteiger partial charge is 0.00172 e. The first-order valence-electron chi connectivity index (χ1n) is 5.50. The Kier molecular flexibility index (Phi) is 8.11. The normalized spacial score (nSPS) is 14.6. The fourth-order valence-electron chi connectivity index (χ4n) is 1.69. The molecule has 1 N–H and O–H groups in total. The zero-order valence-electron chi connectivity index (χ0n) is 9.69. The Balaban J connectivity index is 3.58. The lowest BCUT2D eigenvalue weighted by atomic mass is 9.97. The minimum Gasteiger partial charge on any atom is -0.319 e. The van der Waals surface area contributed by atoms with Gasteiger partial charge in [-0.25, -0.2) is 0 Å². The van der Waals surface area contributed by atoms with E-state index in [1.807, 2.05) is 7.05 Å². The quantitative estimate of drug-likeness (QED) is 0.471. The fraction of sp³-hybridized carbons (Fsp3) is 0.833. The maximum atomic E-state index is 3.16.